The fraction of sp³-hybridized carbons (Fsp3) is 0.0698. The average molecular weight is 605 g/mol. The Labute approximate surface area is 274 Å². The minimum absolute atomic E-state index is 0.356. The Morgan fingerprint density at radius 1 is 0.362 bits per heavy atom. The predicted octanol–water partition coefficient (Wildman–Crippen LogP) is 11.0. The van der Waals surface area contributed by atoms with E-state index in [1.165, 1.54) is 5.56 Å². The van der Waals surface area contributed by atoms with Gasteiger partial charge >= 0.3 is 0 Å². The molecule has 8 rings (SSSR count). The van der Waals surface area contributed by atoms with E-state index in [1.54, 1.807) is 0 Å². The number of hydrogen-bond donors (Lipinski definition) is 0. The Morgan fingerprint density at radius 3 is 1.21 bits per heavy atom. The molecule has 0 saturated heterocycles. The zero-order valence-electron chi connectivity index (χ0n) is 26.3. The van der Waals surface area contributed by atoms with Crippen LogP contribution in [0.3, 0.4) is 0 Å². The third kappa shape index (κ3) is 5.34. The molecular weight excluding hydrogens is 573 g/mol. The highest BCUT2D eigenvalue weighted by atomic mass is 14.9. The summed E-state index contributed by atoms with van der Waals surface area (Å²) in [5.74, 6) is 1.74. The van der Waals surface area contributed by atoms with Gasteiger partial charge < -0.3 is 0 Å². The van der Waals surface area contributed by atoms with Crippen molar-refractivity contribution < 1.29 is 0 Å². The van der Waals surface area contributed by atoms with E-state index in [2.05, 4.69) is 98.8 Å². The van der Waals surface area contributed by atoms with Gasteiger partial charge in [0.25, 0.3) is 0 Å². The van der Waals surface area contributed by atoms with Crippen LogP contribution in [0, 0.1) is 0 Å². The highest BCUT2D eigenvalue weighted by Crippen LogP contribution is 2.44. The van der Waals surface area contributed by atoms with Crippen molar-refractivity contribution in [1.29, 1.82) is 0 Å². The first-order chi connectivity index (χ1) is 23.1. The molecule has 8 aromatic rings. The molecule has 0 aliphatic carbocycles. The Hall–Kier alpha value is -6.00. The average Bonchev–Trinajstić information content (AvgIpc) is 3.14. The van der Waals surface area contributed by atoms with Gasteiger partial charge in [-0.15, -0.1) is 0 Å². The summed E-state index contributed by atoms with van der Waals surface area (Å²) >= 11 is 0. The zero-order valence-corrected chi connectivity index (χ0v) is 26.3. The third-order valence-electron chi connectivity index (χ3n) is 8.88. The first kappa shape index (κ1) is 28.5. The molecule has 0 atom stereocenters. The number of rotatable bonds is 6. The summed E-state index contributed by atoms with van der Waals surface area (Å²) in [4.78, 5) is 20.0. The lowest BCUT2D eigenvalue weighted by Gasteiger charge is -2.18. The molecule has 224 valence electrons. The summed E-state index contributed by atoms with van der Waals surface area (Å²) in [6, 6.07) is 44.5. The molecule has 0 saturated carbocycles. The molecule has 47 heavy (non-hydrogen) atoms. The molecule has 6 aromatic carbocycles. The van der Waals surface area contributed by atoms with E-state index in [1.807, 2.05) is 67.3 Å². The van der Waals surface area contributed by atoms with Crippen LogP contribution >= 0.6 is 0 Å². The first-order valence-electron chi connectivity index (χ1n) is 16.0. The van der Waals surface area contributed by atoms with Gasteiger partial charge in [0.2, 0.25) is 0 Å². The first-order valence-corrected chi connectivity index (χ1v) is 16.0. The monoisotopic (exact) mass is 604 g/mol. The van der Waals surface area contributed by atoms with Crippen molar-refractivity contribution >= 4 is 21.5 Å². The van der Waals surface area contributed by atoms with Gasteiger partial charge in [-0.1, -0.05) is 135 Å². The fourth-order valence-electron chi connectivity index (χ4n) is 6.37. The predicted molar refractivity (Wildman–Crippen MR) is 194 cm³/mol. The Kier molecular flexibility index (Phi) is 7.31. The van der Waals surface area contributed by atoms with E-state index in [0.717, 1.165) is 66.1 Å². The second-order valence-corrected chi connectivity index (χ2v) is 12.2. The summed E-state index contributed by atoms with van der Waals surface area (Å²) in [6.45, 7) is 4.46. The maximum atomic E-state index is 4.99. The Morgan fingerprint density at radius 2 is 0.766 bits per heavy atom. The number of fused-ring (bicyclic) bond motifs is 2. The van der Waals surface area contributed by atoms with Crippen molar-refractivity contribution in [2.24, 2.45) is 0 Å². The van der Waals surface area contributed by atoms with Gasteiger partial charge in [-0.2, -0.15) is 0 Å². The highest BCUT2D eigenvalue weighted by molar-refractivity contribution is 6.20. The van der Waals surface area contributed by atoms with E-state index >= 15 is 0 Å². The van der Waals surface area contributed by atoms with Crippen molar-refractivity contribution in [3.63, 3.8) is 0 Å². The Balaban J connectivity index is 1.42. The van der Waals surface area contributed by atoms with Crippen LogP contribution < -0.4 is 0 Å². The number of aromatic nitrogens is 4. The van der Waals surface area contributed by atoms with Crippen molar-refractivity contribution in [3.8, 4) is 56.2 Å². The molecule has 0 N–H and O–H groups in total. The van der Waals surface area contributed by atoms with Crippen LogP contribution in [-0.2, 0) is 0 Å². The van der Waals surface area contributed by atoms with E-state index in [9.17, 15) is 0 Å². The van der Waals surface area contributed by atoms with Crippen LogP contribution in [0.2, 0.25) is 0 Å². The standard InChI is InChI=1S/C43H32N4/c1-28(2)32-18-20-36-38(22-32)40(42-44-24-34(25-45-42)30-14-8-4-9-15-30)37-21-19-33(29-12-6-3-7-13-29)23-39(37)41(36)43-46-26-35(27-47-43)31-16-10-5-11-17-31/h3-28H,1-2H3. The topological polar surface area (TPSA) is 51.6 Å². The second kappa shape index (κ2) is 12.1. The normalized spacial score (nSPS) is 11.4. The SMILES string of the molecule is CC(C)c1ccc2c(-c3ncc(-c4ccccc4)cn3)c3cc(-c4ccccc4)ccc3c(-c3ncc(-c4ccccc4)cn3)c2c1. The summed E-state index contributed by atoms with van der Waals surface area (Å²) in [5, 5.41) is 4.30. The van der Waals surface area contributed by atoms with E-state index in [4.69, 9.17) is 19.9 Å². The summed E-state index contributed by atoms with van der Waals surface area (Å²) in [5.41, 5.74) is 9.72. The van der Waals surface area contributed by atoms with Gasteiger partial charge in [-0.25, -0.2) is 19.9 Å². The Bertz CT molecular complexity index is 2330. The molecule has 0 bridgehead atoms. The lowest BCUT2D eigenvalue weighted by Crippen LogP contribution is -1.99. The molecule has 0 unspecified atom stereocenters. The minimum Gasteiger partial charge on any atom is -0.236 e. The van der Waals surface area contributed by atoms with Gasteiger partial charge in [0.05, 0.1) is 0 Å². The zero-order chi connectivity index (χ0) is 31.7. The van der Waals surface area contributed by atoms with Crippen molar-refractivity contribution in [1.82, 2.24) is 19.9 Å². The smallest absolute Gasteiger partial charge is 0.160 e. The van der Waals surface area contributed by atoms with Crippen LogP contribution in [-0.4, -0.2) is 19.9 Å². The lowest BCUT2D eigenvalue weighted by molar-refractivity contribution is 0.869. The molecule has 2 heterocycles. The van der Waals surface area contributed by atoms with E-state index in [0.29, 0.717) is 17.6 Å². The van der Waals surface area contributed by atoms with E-state index in [-0.39, 0.29) is 0 Å². The van der Waals surface area contributed by atoms with Crippen LogP contribution in [0.15, 0.2) is 152 Å². The van der Waals surface area contributed by atoms with Crippen molar-refractivity contribution in [2.75, 3.05) is 0 Å². The van der Waals surface area contributed by atoms with Gasteiger partial charge in [-0.05, 0) is 61.3 Å². The minimum atomic E-state index is 0.356. The molecule has 0 aliphatic heterocycles. The summed E-state index contributed by atoms with van der Waals surface area (Å²) in [7, 11) is 0. The number of hydrogen-bond acceptors (Lipinski definition) is 4. The molecule has 4 heteroatoms. The maximum Gasteiger partial charge on any atom is 0.160 e. The quantitative estimate of drug-likeness (QED) is 0.177. The molecule has 4 nitrogen and oxygen atoms in total. The van der Waals surface area contributed by atoms with Crippen LogP contribution in [0.1, 0.15) is 25.3 Å². The molecule has 0 aliphatic rings. The molecule has 0 radical (unpaired) electrons. The van der Waals surface area contributed by atoms with Gasteiger partial charge in [0.1, 0.15) is 0 Å². The molecule has 2 aromatic heterocycles. The molecule has 0 fully saturated rings. The second-order valence-electron chi connectivity index (χ2n) is 12.2. The largest absolute Gasteiger partial charge is 0.236 e. The van der Waals surface area contributed by atoms with Crippen LogP contribution in [0.4, 0.5) is 0 Å². The fourth-order valence-corrected chi connectivity index (χ4v) is 6.37. The van der Waals surface area contributed by atoms with Crippen molar-refractivity contribution in [3.05, 3.63) is 158 Å². The summed E-state index contributed by atoms with van der Waals surface area (Å²) in [6.07, 6.45) is 7.72. The van der Waals surface area contributed by atoms with Gasteiger partial charge in [-0.3, -0.25) is 0 Å². The van der Waals surface area contributed by atoms with Crippen LogP contribution in [0.5, 0.6) is 0 Å². The molecule has 0 amide bonds. The highest BCUT2D eigenvalue weighted by Gasteiger charge is 2.21. The number of nitrogens with zero attached hydrogens (tertiary/aromatic N) is 4. The molecular formula is C43H32N4. The van der Waals surface area contributed by atoms with E-state index < -0.39 is 0 Å². The van der Waals surface area contributed by atoms with Gasteiger partial charge in [0, 0.05) is 47.0 Å². The maximum absolute atomic E-state index is 4.99. The van der Waals surface area contributed by atoms with Crippen LogP contribution in [0.25, 0.3) is 77.7 Å². The number of benzene rings is 6. The molecule has 0 spiro atoms. The van der Waals surface area contributed by atoms with Gasteiger partial charge in [0.15, 0.2) is 11.6 Å². The van der Waals surface area contributed by atoms with Crippen molar-refractivity contribution in [2.45, 2.75) is 19.8 Å². The third-order valence-corrected chi connectivity index (χ3v) is 8.88. The lowest BCUT2D eigenvalue weighted by atomic mass is 9.87. The summed E-state index contributed by atoms with van der Waals surface area (Å²) < 4.78 is 0.